The van der Waals surface area contributed by atoms with Crippen LogP contribution in [0.5, 0.6) is 11.5 Å². The predicted molar refractivity (Wildman–Crippen MR) is 106 cm³/mol. The Hall–Kier alpha value is -2.11. The first-order valence-electron chi connectivity index (χ1n) is 9.93. The zero-order valence-corrected chi connectivity index (χ0v) is 16.2. The maximum absolute atomic E-state index is 5.48. The monoisotopic (exact) mass is 367 g/mol. The maximum Gasteiger partial charge on any atom is 0.231 e. The van der Waals surface area contributed by atoms with E-state index in [0.29, 0.717) is 24.8 Å². The number of aryl methyl sites for hydroxylation is 1. The fourth-order valence-corrected chi connectivity index (χ4v) is 4.25. The molecule has 5 heteroatoms. The number of benzene rings is 1. The quantitative estimate of drug-likeness (QED) is 0.813. The van der Waals surface area contributed by atoms with Gasteiger partial charge in [-0.05, 0) is 75.0 Å². The Morgan fingerprint density at radius 1 is 1.26 bits per heavy atom. The zero-order valence-electron chi connectivity index (χ0n) is 16.2. The molecular formula is C22H29N3O2. The molecule has 0 aliphatic carbocycles. The molecule has 0 radical (unpaired) electrons. The van der Waals surface area contributed by atoms with E-state index in [1.54, 1.807) is 0 Å². The van der Waals surface area contributed by atoms with Gasteiger partial charge in [0, 0.05) is 31.0 Å². The molecule has 1 aromatic heterocycles. The van der Waals surface area contributed by atoms with Crippen molar-refractivity contribution in [1.82, 2.24) is 15.2 Å². The second-order valence-corrected chi connectivity index (χ2v) is 7.80. The molecule has 1 saturated heterocycles. The van der Waals surface area contributed by atoms with Crippen LogP contribution in [-0.2, 0) is 6.42 Å². The van der Waals surface area contributed by atoms with Gasteiger partial charge < -0.3 is 14.8 Å². The molecule has 27 heavy (non-hydrogen) atoms. The molecule has 1 fully saturated rings. The average molecular weight is 367 g/mol. The summed E-state index contributed by atoms with van der Waals surface area (Å²) in [5.41, 5.74) is 2.64. The van der Waals surface area contributed by atoms with Crippen LogP contribution in [0.4, 0.5) is 0 Å². The van der Waals surface area contributed by atoms with Gasteiger partial charge >= 0.3 is 0 Å². The van der Waals surface area contributed by atoms with E-state index in [9.17, 15) is 0 Å². The van der Waals surface area contributed by atoms with Crippen LogP contribution in [0.2, 0.25) is 0 Å². The first kappa shape index (κ1) is 18.3. The van der Waals surface area contributed by atoms with Crippen molar-refractivity contribution in [3.05, 3.63) is 53.9 Å². The fraction of sp³-hybridized carbons (Fsp3) is 0.500. The number of hydrogen-bond acceptors (Lipinski definition) is 5. The van der Waals surface area contributed by atoms with Crippen molar-refractivity contribution in [3.8, 4) is 11.5 Å². The Labute approximate surface area is 161 Å². The number of hydrogen-bond donors (Lipinski definition) is 1. The molecule has 0 amide bonds. The lowest BCUT2D eigenvalue weighted by atomic mass is 9.94. The van der Waals surface area contributed by atoms with Gasteiger partial charge in [0.25, 0.3) is 0 Å². The summed E-state index contributed by atoms with van der Waals surface area (Å²) in [6.45, 7) is 4.82. The summed E-state index contributed by atoms with van der Waals surface area (Å²) in [6, 6.07) is 11.5. The lowest BCUT2D eigenvalue weighted by Crippen LogP contribution is -2.34. The molecule has 0 bridgehead atoms. The van der Waals surface area contributed by atoms with Gasteiger partial charge in [-0.3, -0.25) is 9.88 Å². The topological polar surface area (TPSA) is 46.6 Å². The number of ether oxygens (including phenoxy) is 2. The van der Waals surface area contributed by atoms with E-state index in [2.05, 4.69) is 47.4 Å². The molecule has 2 aliphatic rings. The molecule has 2 aromatic rings. The summed E-state index contributed by atoms with van der Waals surface area (Å²) in [6.07, 6.45) is 7.26. The van der Waals surface area contributed by atoms with Gasteiger partial charge in [-0.2, -0.15) is 0 Å². The molecule has 0 spiro atoms. The largest absolute Gasteiger partial charge is 0.454 e. The summed E-state index contributed by atoms with van der Waals surface area (Å²) >= 11 is 0. The van der Waals surface area contributed by atoms with E-state index in [-0.39, 0.29) is 0 Å². The second-order valence-electron chi connectivity index (χ2n) is 7.80. The Morgan fingerprint density at radius 3 is 3.00 bits per heavy atom. The normalized spacial score (nSPS) is 22.9. The highest BCUT2D eigenvalue weighted by Gasteiger charge is 2.32. The van der Waals surface area contributed by atoms with Crippen molar-refractivity contribution in [2.24, 2.45) is 5.92 Å². The Balaban J connectivity index is 1.28. The number of fused-ring (bicyclic) bond motifs is 1. The third kappa shape index (κ3) is 4.25. The van der Waals surface area contributed by atoms with Crippen molar-refractivity contribution in [3.63, 3.8) is 0 Å². The zero-order chi connectivity index (χ0) is 18.6. The third-order valence-electron chi connectivity index (χ3n) is 5.83. The summed E-state index contributed by atoms with van der Waals surface area (Å²) < 4.78 is 10.9. The van der Waals surface area contributed by atoms with Gasteiger partial charge in [-0.25, -0.2) is 0 Å². The van der Waals surface area contributed by atoms with Crippen molar-refractivity contribution in [2.75, 3.05) is 26.9 Å². The van der Waals surface area contributed by atoms with Crippen LogP contribution >= 0.6 is 0 Å². The Kier molecular flexibility index (Phi) is 5.60. The highest BCUT2D eigenvalue weighted by molar-refractivity contribution is 5.44. The molecule has 0 saturated carbocycles. The molecule has 3 heterocycles. The van der Waals surface area contributed by atoms with Crippen LogP contribution in [0.25, 0.3) is 0 Å². The first-order chi connectivity index (χ1) is 13.2. The number of nitrogens with zero attached hydrogens (tertiary/aromatic N) is 2. The minimum absolute atomic E-state index is 0.338. The van der Waals surface area contributed by atoms with Crippen molar-refractivity contribution < 1.29 is 9.47 Å². The highest BCUT2D eigenvalue weighted by atomic mass is 16.7. The minimum atomic E-state index is 0.338. The standard InChI is InChI=1S/C22H29N3O2/c1-16(5-6-17-7-8-20-21(12-17)27-15-26-20)24-14-19-9-11-25(2)22(19)18-4-3-10-23-13-18/h3-4,7-8,10,12-13,16,19,22,24H,5-6,9,11,14-15H2,1-2H3/t16-,19+,22+/m1/s1. The Bertz CT molecular complexity index is 752. The van der Waals surface area contributed by atoms with Gasteiger partial charge in [-0.1, -0.05) is 12.1 Å². The minimum Gasteiger partial charge on any atom is -0.454 e. The van der Waals surface area contributed by atoms with E-state index in [1.165, 1.54) is 17.5 Å². The molecule has 2 aliphatic heterocycles. The summed E-state index contributed by atoms with van der Waals surface area (Å²) in [4.78, 5) is 6.77. The van der Waals surface area contributed by atoms with Crippen LogP contribution < -0.4 is 14.8 Å². The first-order valence-corrected chi connectivity index (χ1v) is 9.93. The van der Waals surface area contributed by atoms with Crippen LogP contribution in [0, 0.1) is 5.92 Å². The fourth-order valence-electron chi connectivity index (χ4n) is 4.25. The molecule has 4 rings (SSSR count). The van der Waals surface area contributed by atoms with Gasteiger partial charge in [0.2, 0.25) is 6.79 Å². The van der Waals surface area contributed by atoms with Crippen molar-refractivity contribution in [2.45, 2.75) is 38.3 Å². The summed E-state index contributed by atoms with van der Waals surface area (Å²) in [7, 11) is 2.22. The van der Waals surface area contributed by atoms with Crippen molar-refractivity contribution in [1.29, 1.82) is 0 Å². The highest BCUT2D eigenvalue weighted by Crippen LogP contribution is 2.35. The van der Waals surface area contributed by atoms with E-state index >= 15 is 0 Å². The van der Waals surface area contributed by atoms with Gasteiger partial charge in [0.1, 0.15) is 0 Å². The molecule has 144 valence electrons. The summed E-state index contributed by atoms with van der Waals surface area (Å²) in [5, 5.41) is 3.76. The number of aromatic nitrogens is 1. The maximum atomic E-state index is 5.48. The van der Waals surface area contributed by atoms with Crippen LogP contribution in [0.15, 0.2) is 42.7 Å². The average Bonchev–Trinajstić information content (AvgIpc) is 3.31. The van der Waals surface area contributed by atoms with Gasteiger partial charge in [0.15, 0.2) is 11.5 Å². The molecule has 1 N–H and O–H groups in total. The van der Waals surface area contributed by atoms with E-state index in [1.807, 2.05) is 24.5 Å². The van der Waals surface area contributed by atoms with Crippen LogP contribution in [0.3, 0.4) is 0 Å². The molecule has 1 aromatic carbocycles. The molecule has 3 atom stereocenters. The lowest BCUT2D eigenvalue weighted by molar-refractivity contribution is 0.174. The van der Waals surface area contributed by atoms with Crippen LogP contribution in [0.1, 0.15) is 36.9 Å². The molecule has 0 unspecified atom stereocenters. The van der Waals surface area contributed by atoms with E-state index in [4.69, 9.17) is 9.47 Å². The molecule has 5 nitrogen and oxygen atoms in total. The number of rotatable bonds is 7. The van der Waals surface area contributed by atoms with Gasteiger partial charge in [0.05, 0.1) is 0 Å². The van der Waals surface area contributed by atoms with E-state index < -0.39 is 0 Å². The van der Waals surface area contributed by atoms with Crippen molar-refractivity contribution >= 4 is 0 Å². The van der Waals surface area contributed by atoms with Crippen LogP contribution in [-0.4, -0.2) is 42.9 Å². The number of pyridine rings is 1. The lowest BCUT2D eigenvalue weighted by Gasteiger charge is -2.26. The number of likely N-dealkylation sites (tertiary alicyclic amines) is 1. The predicted octanol–water partition coefficient (Wildman–Crippen LogP) is 3.41. The number of nitrogens with one attached hydrogen (secondary N) is 1. The van der Waals surface area contributed by atoms with Gasteiger partial charge in [-0.15, -0.1) is 0 Å². The SMILES string of the molecule is C[C@H](CCc1ccc2c(c1)OCO2)NC[C@@H]1CCN(C)[C@H]1c1cccnc1. The summed E-state index contributed by atoms with van der Waals surface area (Å²) in [5.74, 6) is 2.37. The van der Waals surface area contributed by atoms with E-state index in [0.717, 1.165) is 37.4 Å². The molecular weight excluding hydrogens is 338 g/mol. The smallest absolute Gasteiger partial charge is 0.231 e. The third-order valence-corrected chi connectivity index (χ3v) is 5.83. The second kappa shape index (κ2) is 8.28. The Morgan fingerprint density at radius 2 is 2.15 bits per heavy atom.